The van der Waals surface area contributed by atoms with Crippen molar-refractivity contribution in [3.63, 3.8) is 0 Å². The molecule has 1 amide bonds. The zero-order valence-electron chi connectivity index (χ0n) is 11.8. The molecule has 1 heterocycles. The topological polar surface area (TPSA) is 102 Å². The van der Waals surface area contributed by atoms with Gasteiger partial charge >= 0.3 is 0 Å². The molecule has 1 aromatic carbocycles. The third kappa shape index (κ3) is 4.40. The second-order valence-electron chi connectivity index (χ2n) is 4.62. The largest absolute Gasteiger partial charge is 0.353 e. The van der Waals surface area contributed by atoms with Gasteiger partial charge < -0.3 is 10.6 Å². The number of benzene rings is 1. The second-order valence-corrected chi connectivity index (χ2v) is 5.65. The summed E-state index contributed by atoms with van der Waals surface area (Å²) in [6, 6.07) is 6.17. The number of nitrogens with zero attached hydrogens (tertiary/aromatic N) is 3. The van der Waals surface area contributed by atoms with Crippen LogP contribution in [0.1, 0.15) is 18.4 Å². The van der Waals surface area contributed by atoms with Gasteiger partial charge in [-0.2, -0.15) is 0 Å². The van der Waals surface area contributed by atoms with Gasteiger partial charge in [-0.1, -0.05) is 23.9 Å². The Balaban J connectivity index is 1.84. The van der Waals surface area contributed by atoms with Crippen molar-refractivity contribution in [1.82, 2.24) is 4.90 Å². The fourth-order valence-electron chi connectivity index (χ4n) is 1.94. The summed E-state index contributed by atoms with van der Waals surface area (Å²) in [5, 5.41) is 12.8. The van der Waals surface area contributed by atoms with Gasteiger partial charge in [-0.25, -0.2) is 4.99 Å². The van der Waals surface area contributed by atoms with Gasteiger partial charge in [0.15, 0.2) is 0 Å². The third-order valence-corrected chi connectivity index (χ3v) is 3.91. The van der Waals surface area contributed by atoms with E-state index in [0.717, 1.165) is 0 Å². The van der Waals surface area contributed by atoms with Crippen LogP contribution < -0.4 is 5.73 Å². The number of nitrogens with two attached hydrogens (primary N) is 1. The summed E-state index contributed by atoms with van der Waals surface area (Å²) in [5.74, 6) is -0.303. The minimum atomic E-state index is -0.495. The lowest BCUT2D eigenvalue weighted by molar-refractivity contribution is -0.385. The fraction of sp³-hybridized carbons (Fsp3) is 0.286. The van der Waals surface area contributed by atoms with E-state index < -0.39 is 4.92 Å². The van der Waals surface area contributed by atoms with Crippen molar-refractivity contribution in [3.05, 3.63) is 51.6 Å². The number of hydrogen-bond donors (Lipinski definition) is 1. The molecule has 1 unspecified atom stereocenters. The first kappa shape index (κ1) is 16.2. The molecule has 0 spiro atoms. The molecule has 0 aliphatic carbocycles. The minimum absolute atomic E-state index is 0.0655. The van der Waals surface area contributed by atoms with Gasteiger partial charge in [0.05, 0.1) is 10.5 Å². The summed E-state index contributed by atoms with van der Waals surface area (Å²) in [5.41, 5.74) is 5.99. The molecule has 0 aromatic heterocycles. The van der Waals surface area contributed by atoms with Gasteiger partial charge in [0, 0.05) is 31.4 Å². The van der Waals surface area contributed by atoms with Crippen molar-refractivity contribution < 1.29 is 9.72 Å². The molecule has 116 valence electrons. The lowest BCUT2D eigenvalue weighted by Crippen LogP contribution is -2.33. The first-order valence-corrected chi connectivity index (χ1v) is 7.66. The zero-order chi connectivity index (χ0) is 15.9. The van der Waals surface area contributed by atoms with Crippen LogP contribution in [0.15, 0.2) is 40.9 Å². The Kier molecular flexibility index (Phi) is 5.68. The molecular weight excluding hydrogens is 304 g/mol. The van der Waals surface area contributed by atoms with Gasteiger partial charge in [-0.15, -0.1) is 0 Å². The van der Waals surface area contributed by atoms with Gasteiger partial charge in [0.1, 0.15) is 5.50 Å². The summed E-state index contributed by atoms with van der Waals surface area (Å²) in [6.07, 6.45) is 4.05. The third-order valence-electron chi connectivity index (χ3n) is 3.09. The number of hydrogen-bond acceptors (Lipinski definition) is 6. The Morgan fingerprint density at radius 2 is 2.27 bits per heavy atom. The van der Waals surface area contributed by atoms with E-state index in [1.807, 2.05) is 16.5 Å². The molecule has 0 saturated carbocycles. The van der Waals surface area contributed by atoms with Gasteiger partial charge in [-0.3, -0.25) is 14.9 Å². The average Bonchev–Trinajstić information content (AvgIpc) is 2.91. The average molecular weight is 320 g/mol. The smallest absolute Gasteiger partial charge is 0.278 e. The van der Waals surface area contributed by atoms with Crippen LogP contribution in [-0.4, -0.2) is 34.0 Å². The zero-order valence-corrected chi connectivity index (χ0v) is 12.6. The summed E-state index contributed by atoms with van der Waals surface area (Å²) < 4.78 is 0. The molecule has 2 rings (SSSR count). The van der Waals surface area contributed by atoms with E-state index in [4.69, 9.17) is 5.73 Å². The van der Waals surface area contributed by atoms with Gasteiger partial charge in [0.2, 0.25) is 5.91 Å². The number of carbonyl (C=O) groups is 1. The molecular formula is C14H16N4O3S. The predicted molar refractivity (Wildman–Crippen MR) is 86.3 cm³/mol. The quantitative estimate of drug-likeness (QED) is 0.489. The van der Waals surface area contributed by atoms with E-state index in [2.05, 4.69) is 4.99 Å². The van der Waals surface area contributed by atoms with E-state index >= 15 is 0 Å². The SMILES string of the molecule is NC1SC=CN1CCCC(=O)N=Cc1ccccc1[N+](=O)[O-]. The molecule has 1 aliphatic rings. The molecule has 8 heteroatoms. The molecule has 0 bridgehead atoms. The number of rotatable bonds is 6. The molecule has 1 aliphatic heterocycles. The fourth-order valence-corrected chi connectivity index (χ4v) is 2.66. The molecule has 1 aromatic rings. The van der Waals surface area contributed by atoms with E-state index in [1.165, 1.54) is 24.0 Å². The summed E-state index contributed by atoms with van der Waals surface area (Å²) in [6.45, 7) is 0.678. The van der Waals surface area contributed by atoms with Crippen molar-refractivity contribution in [1.29, 1.82) is 0 Å². The molecule has 0 saturated heterocycles. The van der Waals surface area contributed by atoms with Crippen molar-refractivity contribution >= 4 is 29.6 Å². The van der Waals surface area contributed by atoms with Crippen LogP contribution in [0.25, 0.3) is 0 Å². The molecule has 2 N–H and O–H groups in total. The number of nitro benzene ring substituents is 1. The summed E-state index contributed by atoms with van der Waals surface area (Å²) >= 11 is 1.52. The Morgan fingerprint density at radius 3 is 2.95 bits per heavy atom. The Labute approximate surface area is 132 Å². The van der Waals surface area contributed by atoms with Gasteiger partial charge in [-0.05, 0) is 17.9 Å². The van der Waals surface area contributed by atoms with Crippen LogP contribution in [-0.2, 0) is 4.79 Å². The maximum Gasteiger partial charge on any atom is 0.278 e. The number of aliphatic imine (C=N–C) groups is 1. The molecule has 22 heavy (non-hydrogen) atoms. The van der Waals surface area contributed by atoms with Crippen LogP contribution in [0.5, 0.6) is 0 Å². The number of carbonyl (C=O) groups excluding carboxylic acids is 1. The first-order chi connectivity index (χ1) is 10.6. The highest BCUT2D eigenvalue weighted by Gasteiger charge is 2.15. The highest BCUT2D eigenvalue weighted by molar-refractivity contribution is 8.02. The standard InChI is InChI=1S/C14H16N4O3S/c15-14-17(8-9-22-14)7-3-6-13(19)16-10-11-4-1-2-5-12(11)18(20)21/h1-2,4-5,8-10,14H,3,6-7,15H2. The van der Waals surface area contributed by atoms with Crippen molar-refractivity contribution in [2.24, 2.45) is 10.7 Å². The predicted octanol–water partition coefficient (Wildman–Crippen LogP) is 2.08. The molecule has 0 radical (unpaired) electrons. The van der Waals surface area contributed by atoms with Crippen molar-refractivity contribution in [2.45, 2.75) is 18.3 Å². The lowest BCUT2D eigenvalue weighted by atomic mass is 10.2. The van der Waals surface area contributed by atoms with Crippen LogP contribution in [0.3, 0.4) is 0 Å². The monoisotopic (exact) mass is 320 g/mol. The number of amides is 1. The summed E-state index contributed by atoms with van der Waals surface area (Å²) in [4.78, 5) is 27.8. The highest BCUT2D eigenvalue weighted by atomic mass is 32.2. The van der Waals surface area contributed by atoms with Crippen LogP contribution in [0, 0.1) is 10.1 Å². The number of para-hydroxylation sites is 1. The molecule has 0 fully saturated rings. The highest BCUT2D eigenvalue weighted by Crippen LogP contribution is 2.20. The van der Waals surface area contributed by atoms with E-state index in [1.54, 1.807) is 18.2 Å². The lowest BCUT2D eigenvalue weighted by Gasteiger charge is -2.20. The number of nitro groups is 1. The Hall–Kier alpha value is -2.19. The van der Waals surface area contributed by atoms with E-state index in [-0.39, 0.29) is 23.5 Å². The molecule has 1 atom stereocenters. The second kappa shape index (κ2) is 7.71. The van der Waals surface area contributed by atoms with Crippen molar-refractivity contribution in [3.8, 4) is 0 Å². The minimum Gasteiger partial charge on any atom is -0.353 e. The van der Waals surface area contributed by atoms with Crippen LogP contribution in [0.2, 0.25) is 0 Å². The van der Waals surface area contributed by atoms with Crippen LogP contribution >= 0.6 is 11.8 Å². The molecule has 7 nitrogen and oxygen atoms in total. The van der Waals surface area contributed by atoms with Gasteiger partial charge in [0.25, 0.3) is 5.69 Å². The number of thioether (sulfide) groups is 1. The maximum atomic E-state index is 11.7. The Morgan fingerprint density at radius 1 is 1.50 bits per heavy atom. The van der Waals surface area contributed by atoms with E-state index in [9.17, 15) is 14.9 Å². The summed E-state index contributed by atoms with van der Waals surface area (Å²) in [7, 11) is 0. The Bertz CT molecular complexity index is 618. The van der Waals surface area contributed by atoms with E-state index in [0.29, 0.717) is 18.5 Å². The first-order valence-electron chi connectivity index (χ1n) is 6.71. The maximum absolute atomic E-state index is 11.7. The normalized spacial score (nSPS) is 17.3. The van der Waals surface area contributed by atoms with Crippen molar-refractivity contribution in [2.75, 3.05) is 6.54 Å². The van der Waals surface area contributed by atoms with Crippen LogP contribution in [0.4, 0.5) is 5.69 Å².